The van der Waals surface area contributed by atoms with Crippen LogP contribution in [0, 0.1) is 5.41 Å². The first-order valence-corrected chi connectivity index (χ1v) is 9.61. The van der Waals surface area contributed by atoms with Crippen LogP contribution in [0.5, 0.6) is 5.75 Å². The Kier molecular flexibility index (Phi) is 4.10. The molecular formula is C21H30N2O3. The number of hydrogen-bond acceptors (Lipinski definition) is 5. The Morgan fingerprint density at radius 3 is 2.81 bits per heavy atom. The van der Waals surface area contributed by atoms with Crippen molar-refractivity contribution in [3.8, 4) is 5.75 Å². The summed E-state index contributed by atoms with van der Waals surface area (Å²) in [6.07, 6.45) is 5.03. The minimum atomic E-state index is -0.615. The molecule has 5 heteroatoms. The van der Waals surface area contributed by atoms with Crippen LogP contribution in [0.3, 0.4) is 0 Å². The van der Waals surface area contributed by atoms with Crippen molar-refractivity contribution in [1.82, 2.24) is 4.90 Å². The molecule has 4 rings (SSSR count). The molecule has 3 heterocycles. The molecule has 1 fully saturated rings. The van der Waals surface area contributed by atoms with Crippen LogP contribution in [0.4, 0.5) is 5.69 Å². The van der Waals surface area contributed by atoms with E-state index in [1.54, 1.807) is 7.11 Å². The van der Waals surface area contributed by atoms with Gasteiger partial charge in [0.15, 0.2) is 0 Å². The zero-order valence-electron chi connectivity index (χ0n) is 16.1. The summed E-state index contributed by atoms with van der Waals surface area (Å²) in [6, 6.07) is 6.19. The second-order valence-electron chi connectivity index (χ2n) is 8.10. The van der Waals surface area contributed by atoms with Crippen LogP contribution in [0.2, 0.25) is 0 Å². The smallest absolute Gasteiger partial charge is 0.138 e. The van der Waals surface area contributed by atoms with E-state index in [4.69, 9.17) is 4.74 Å². The van der Waals surface area contributed by atoms with Crippen LogP contribution in [-0.2, 0) is 5.41 Å². The maximum Gasteiger partial charge on any atom is 0.138 e. The highest BCUT2D eigenvalue weighted by Crippen LogP contribution is 2.59. The number of rotatable bonds is 3. The van der Waals surface area contributed by atoms with E-state index >= 15 is 0 Å². The van der Waals surface area contributed by atoms with Gasteiger partial charge in [-0.2, -0.15) is 0 Å². The molecule has 0 amide bonds. The standard InChI is InChI=1S/C21H30N2O3/c1-5-20(14(2)24)9-6-11-23-12-10-21(18(20)23)16-8-7-15(26-4)13-17(16)22(3)19(21)25/h6-9,13-14,18-19,24-25H,5,10-12H2,1-4H3/t14?,18?,19?,20-,21?/m0/s1. The van der Waals surface area contributed by atoms with Crippen LogP contribution >= 0.6 is 0 Å². The van der Waals surface area contributed by atoms with Crippen molar-refractivity contribution in [3.05, 3.63) is 35.9 Å². The third kappa shape index (κ3) is 2.02. The lowest BCUT2D eigenvalue weighted by molar-refractivity contribution is -0.0442. The number of anilines is 1. The van der Waals surface area contributed by atoms with Gasteiger partial charge in [-0.3, -0.25) is 4.90 Å². The fraction of sp³-hybridized carbons (Fsp3) is 0.619. The molecule has 0 aliphatic carbocycles. The highest BCUT2D eigenvalue weighted by atomic mass is 16.5. The van der Waals surface area contributed by atoms with Crippen LogP contribution in [-0.4, -0.2) is 60.7 Å². The van der Waals surface area contributed by atoms with Gasteiger partial charge in [-0.15, -0.1) is 0 Å². The maximum absolute atomic E-state index is 11.4. The van der Waals surface area contributed by atoms with Crippen molar-refractivity contribution >= 4 is 5.69 Å². The van der Waals surface area contributed by atoms with Gasteiger partial charge in [0, 0.05) is 36.8 Å². The molecule has 1 aromatic carbocycles. The Balaban J connectivity index is 1.93. The number of hydrogen-bond donors (Lipinski definition) is 2. The fourth-order valence-electron chi connectivity index (χ4n) is 5.90. The molecule has 1 spiro atoms. The van der Waals surface area contributed by atoms with Crippen molar-refractivity contribution in [3.63, 3.8) is 0 Å². The zero-order chi connectivity index (χ0) is 18.7. The summed E-state index contributed by atoms with van der Waals surface area (Å²) in [5.41, 5.74) is 1.44. The normalized spacial score (nSPS) is 37.1. The minimum absolute atomic E-state index is 0.0668. The van der Waals surface area contributed by atoms with Crippen LogP contribution in [0.25, 0.3) is 0 Å². The van der Waals surface area contributed by atoms with Gasteiger partial charge < -0.3 is 19.8 Å². The van der Waals surface area contributed by atoms with Gasteiger partial charge >= 0.3 is 0 Å². The molecule has 1 aromatic rings. The lowest BCUT2D eigenvalue weighted by Gasteiger charge is -2.52. The summed E-state index contributed by atoms with van der Waals surface area (Å²) in [5.74, 6) is 0.801. The molecule has 3 aliphatic rings. The van der Waals surface area contributed by atoms with Gasteiger partial charge in [-0.05, 0) is 37.9 Å². The van der Waals surface area contributed by atoms with Crippen molar-refractivity contribution in [2.75, 3.05) is 32.1 Å². The Bertz CT molecular complexity index is 734. The number of aliphatic hydroxyl groups is 2. The largest absolute Gasteiger partial charge is 0.497 e. The summed E-state index contributed by atoms with van der Waals surface area (Å²) in [4.78, 5) is 4.43. The van der Waals surface area contributed by atoms with Gasteiger partial charge in [0.25, 0.3) is 0 Å². The number of benzene rings is 1. The third-order valence-corrected chi connectivity index (χ3v) is 7.25. The minimum Gasteiger partial charge on any atom is -0.497 e. The summed E-state index contributed by atoms with van der Waals surface area (Å²) in [6.45, 7) is 5.85. The number of methoxy groups -OCH3 is 1. The molecule has 4 unspecified atom stereocenters. The number of nitrogens with zero attached hydrogens (tertiary/aromatic N) is 2. The number of aliphatic hydroxyl groups excluding tert-OH is 2. The quantitative estimate of drug-likeness (QED) is 0.811. The predicted octanol–water partition coefficient (Wildman–Crippen LogP) is 2.12. The average Bonchev–Trinajstić information content (AvgIpc) is 3.15. The van der Waals surface area contributed by atoms with E-state index in [0.29, 0.717) is 0 Å². The lowest BCUT2D eigenvalue weighted by Crippen LogP contribution is -2.62. The van der Waals surface area contributed by atoms with Crippen LogP contribution in [0.1, 0.15) is 32.3 Å². The van der Waals surface area contributed by atoms with E-state index in [0.717, 1.165) is 37.4 Å². The number of fused-ring (bicyclic) bond motifs is 4. The van der Waals surface area contributed by atoms with Crippen molar-refractivity contribution in [1.29, 1.82) is 0 Å². The second kappa shape index (κ2) is 5.98. The Morgan fingerprint density at radius 2 is 2.15 bits per heavy atom. The first-order valence-electron chi connectivity index (χ1n) is 9.61. The highest BCUT2D eigenvalue weighted by molar-refractivity contribution is 5.67. The molecule has 0 aromatic heterocycles. The van der Waals surface area contributed by atoms with E-state index in [1.165, 1.54) is 5.56 Å². The Labute approximate surface area is 155 Å². The van der Waals surface area contributed by atoms with E-state index in [1.807, 2.05) is 31.0 Å². The number of likely N-dealkylation sites (N-methyl/N-ethyl adjacent to an activating group) is 1. The summed E-state index contributed by atoms with van der Waals surface area (Å²) >= 11 is 0. The van der Waals surface area contributed by atoms with E-state index in [9.17, 15) is 10.2 Å². The summed E-state index contributed by atoms with van der Waals surface area (Å²) in [7, 11) is 3.62. The first kappa shape index (κ1) is 17.8. The lowest BCUT2D eigenvalue weighted by atomic mass is 9.59. The zero-order valence-corrected chi connectivity index (χ0v) is 16.1. The van der Waals surface area contributed by atoms with Crippen molar-refractivity contribution in [2.24, 2.45) is 5.41 Å². The molecule has 5 atom stereocenters. The fourth-order valence-corrected chi connectivity index (χ4v) is 5.90. The van der Waals surface area contributed by atoms with E-state index in [2.05, 4.69) is 30.0 Å². The molecule has 142 valence electrons. The Hall–Kier alpha value is -1.56. The van der Waals surface area contributed by atoms with Crippen LogP contribution in [0.15, 0.2) is 30.4 Å². The van der Waals surface area contributed by atoms with Crippen LogP contribution < -0.4 is 9.64 Å². The van der Waals surface area contributed by atoms with Gasteiger partial charge in [0.05, 0.1) is 18.6 Å². The second-order valence-corrected chi connectivity index (χ2v) is 8.10. The average molecular weight is 358 g/mol. The predicted molar refractivity (Wildman–Crippen MR) is 103 cm³/mol. The van der Waals surface area contributed by atoms with Gasteiger partial charge in [-0.25, -0.2) is 0 Å². The highest BCUT2D eigenvalue weighted by Gasteiger charge is 2.65. The maximum atomic E-state index is 11.4. The topological polar surface area (TPSA) is 56.2 Å². The Morgan fingerprint density at radius 1 is 1.38 bits per heavy atom. The molecule has 0 radical (unpaired) electrons. The molecule has 2 N–H and O–H groups in total. The third-order valence-electron chi connectivity index (χ3n) is 7.25. The molecule has 0 bridgehead atoms. The van der Waals surface area contributed by atoms with Gasteiger partial charge in [0.1, 0.15) is 12.0 Å². The summed E-state index contributed by atoms with van der Waals surface area (Å²) in [5, 5.41) is 22.2. The molecule has 26 heavy (non-hydrogen) atoms. The summed E-state index contributed by atoms with van der Waals surface area (Å²) < 4.78 is 5.41. The van der Waals surface area contributed by atoms with Crippen molar-refractivity contribution < 1.29 is 14.9 Å². The molecule has 0 saturated carbocycles. The van der Waals surface area contributed by atoms with E-state index < -0.39 is 17.7 Å². The molecule has 1 saturated heterocycles. The van der Waals surface area contributed by atoms with E-state index in [-0.39, 0.29) is 11.5 Å². The van der Waals surface area contributed by atoms with Crippen molar-refractivity contribution in [2.45, 2.75) is 50.5 Å². The first-order chi connectivity index (χ1) is 12.4. The molecule has 5 nitrogen and oxygen atoms in total. The molecule has 3 aliphatic heterocycles. The van der Waals surface area contributed by atoms with Gasteiger partial charge in [-0.1, -0.05) is 25.1 Å². The number of ether oxygens (including phenoxy) is 1. The SMILES string of the molecule is CC[C@@]1(C(C)O)C=CCN2CCC3(c4ccc(OC)cc4N(C)C3O)C21. The monoisotopic (exact) mass is 358 g/mol. The molecular weight excluding hydrogens is 328 g/mol. The van der Waals surface area contributed by atoms with Gasteiger partial charge in [0.2, 0.25) is 0 Å².